The van der Waals surface area contributed by atoms with Crippen LogP contribution in [0.15, 0.2) is 46.0 Å². The minimum Gasteiger partial charge on any atom is -0.497 e. The molecule has 0 N–H and O–H groups in total. The lowest BCUT2D eigenvalue weighted by molar-refractivity contribution is -0.198. The van der Waals surface area contributed by atoms with Gasteiger partial charge in [-0.15, -0.1) is 0 Å². The highest BCUT2D eigenvalue weighted by Crippen LogP contribution is 2.46. The summed E-state index contributed by atoms with van der Waals surface area (Å²) in [4.78, 5) is 10.7. The fourth-order valence-electron chi connectivity index (χ4n) is 5.53. The first-order valence-electron chi connectivity index (χ1n) is 11.4. The van der Waals surface area contributed by atoms with E-state index in [0.29, 0.717) is 41.6 Å². The maximum atomic E-state index is 14.4. The lowest BCUT2D eigenvalue weighted by Gasteiger charge is -2.53. The number of rotatable bonds is 5. The van der Waals surface area contributed by atoms with Crippen molar-refractivity contribution >= 4 is 16.8 Å². The van der Waals surface area contributed by atoms with Crippen LogP contribution in [-0.4, -0.2) is 55.2 Å². The van der Waals surface area contributed by atoms with Crippen molar-refractivity contribution in [3.05, 3.63) is 59.4 Å². The number of fused-ring (bicyclic) bond motifs is 3. The first-order chi connectivity index (χ1) is 16.5. The number of halogens is 2. The average Bonchev–Trinajstić information content (AvgIpc) is 3.42. The molecule has 7 nitrogen and oxygen atoms in total. The van der Waals surface area contributed by atoms with Gasteiger partial charge in [0.1, 0.15) is 17.3 Å². The number of benzene rings is 2. The second-order valence-corrected chi connectivity index (χ2v) is 9.08. The van der Waals surface area contributed by atoms with Crippen LogP contribution in [0.25, 0.3) is 11.0 Å². The van der Waals surface area contributed by atoms with Gasteiger partial charge in [-0.25, -0.2) is 8.78 Å². The number of nitrogens with zero attached hydrogens (tertiary/aromatic N) is 3. The summed E-state index contributed by atoms with van der Waals surface area (Å²) < 4.78 is 45.0. The fraction of sp³-hybridized carbons (Fsp3) is 0.400. The van der Waals surface area contributed by atoms with E-state index in [4.69, 9.17) is 18.7 Å². The first-order valence-corrected chi connectivity index (χ1v) is 11.4. The van der Waals surface area contributed by atoms with Gasteiger partial charge in [-0.2, -0.15) is 0 Å². The van der Waals surface area contributed by atoms with Gasteiger partial charge in [0.05, 0.1) is 27.3 Å². The quantitative estimate of drug-likeness (QED) is 0.554. The molecule has 34 heavy (non-hydrogen) atoms. The third-order valence-electron chi connectivity index (χ3n) is 7.26. The highest BCUT2D eigenvalue weighted by molar-refractivity contribution is 6.00. The second-order valence-electron chi connectivity index (χ2n) is 9.08. The van der Waals surface area contributed by atoms with Gasteiger partial charge in [0.25, 0.3) is 0 Å². The average molecular weight is 469 g/mol. The molecule has 0 radical (unpaired) electrons. The first kappa shape index (κ1) is 21.2. The summed E-state index contributed by atoms with van der Waals surface area (Å²) in [7, 11) is 3.23. The third-order valence-corrected chi connectivity index (χ3v) is 7.26. The summed E-state index contributed by atoms with van der Waals surface area (Å²) >= 11 is 0. The van der Waals surface area contributed by atoms with E-state index in [9.17, 15) is 8.78 Å². The Balaban J connectivity index is 1.44. The molecule has 0 amide bonds. The molecular formula is C25H25F2N3O4. The van der Waals surface area contributed by atoms with Crippen molar-refractivity contribution in [2.75, 3.05) is 33.9 Å². The Hall–Kier alpha value is -3.33. The van der Waals surface area contributed by atoms with Crippen LogP contribution in [0.3, 0.4) is 0 Å². The van der Waals surface area contributed by atoms with E-state index in [-0.39, 0.29) is 11.5 Å². The maximum Gasteiger partial charge on any atom is 0.227 e. The molecule has 3 fully saturated rings. The Bertz CT molecular complexity index is 1280. The number of methoxy groups -OCH3 is 2. The molecule has 4 aliphatic heterocycles. The molecule has 7 rings (SSSR count). The fourth-order valence-corrected chi connectivity index (χ4v) is 5.53. The van der Waals surface area contributed by atoms with Crippen molar-refractivity contribution in [2.24, 2.45) is 11.1 Å². The monoisotopic (exact) mass is 469 g/mol. The number of piperidine rings is 3. The van der Waals surface area contributed by atoms with E-state index in [1.165, 1.54) is 6.07 Å². The largest absolute Gasteiger partial charge is 0.497 e. The Morgan fingerprint density at radius 3 is 2.62 bits per heavy atom. The molecule has 2 aromatic carbocycles. The smallest absolute Gasteiger partial charge is 0.227 e. The molecule has 3 saturated heterocycles. The zero-order valence-corrected chi connectivity index (χ0v) is 19.0. The van der Waals surface area contributed by atoms with Crippen LogP contribution in [0.1, 0.15) is 24.2 Å². The zero-order chi connectivity index (χ0) is 23.4. The SMILES string of the molecule is COc1ccc(CN2C(c3cc4cc(F)cc(F)c4o3)=NOC23CN2CCC3CC2)c(OC)c1. The molecule has 2 bridgehead atoms. The number of amidine groups is 1. The number of hydrogen-bond donors (Lipinski definition) is 0. The molecule has 9 heteroatoms. The number of oxime groups is 1. The minimum absolute atomic E-state index is 0.00376. The van der Waals surface area contributed by atoms with Gasteiger partial charge in [0.2, 0.25) is 11.6 Å². The van der Waals surface area contributed by atoms with Crippen molar-refractivity contribution in [3.8, 4) is 11.5 Å². The van der Waals surface area contributed by atoms with Crippen molar-refractivity contribution in [1.82, 2.24) is 9.80 Å². The van der Waals surface area contributed by atoms with E-state index >= 15 is 0 Å². The van der Waals surface area contributed by atoms with Crippen LogP contribution in [0.2, 0.25) is 0 Å². The molecule has 1 aromatic heterocycles. The van der Waals surface area contributed by atoms with Crippen LogP contribution in [0.4, 0.5) is 8.78 Å². The van der Waals surface area contributed by atoms with E-state index in [1.807, 2.05) is 18.2 Å². The number of ether oxygens (including phenoxy) is 2. The van der Waals surface area contributed by atoms with Gasteiger partial charge >= 0.3 is 0 Å². The molecule has 0 saturated carbocycles. The molecule has 1 atom stereocenters. The highest BCUT2D eigenvalue weighted by Gasteiger charge is 2.57. The topological polar surface area (TPSA) is 59.7 Å². The lowest BCUT2D eigenvalue weighted by atomic mass is 9.79. The van der Waals surface area contributed by atoms with Crippen molar-refractivity contribution < 1.29 is 27.5 Å². The van der Waals surface area contributed by atoms with Gasteiger partial charge in [-0.3, -0.25) is 4.90 Å². The van der Waals surface area contributed by atoms with E-state index in [0.717, 1.165) is 37.6 Å². The molecule has 4 aliphatic rings. The van der Waals surface area contributed by atoms with Crippen LogP contribution >= 0.6 is 0 Å². The molecule has 1 unspecified atom stereocenters. The Labute approximate surface area is 195 Å². The Kier molecular flexibility index (Phi) is 4.91. The van der Waals surface area contributed by atoms with Gasteiger partial charge in [0.15, 0.2) is 17.2 Å². The standard InChI is InChI=1S/C25H25F2N3O4/c1-31-19-4-3-15(21(12-19)32-2)13-30-24(22-10-16-9-18(26)11-20(27)23(16)33-22)28-34-25(30)14-29-7-5-17(25)6-8-29/h3-4,9-12,17H,5-8,13-14H2,1-2H3. The van der Waals surface area contributed by atoms with Crippen molar-refractivity contribution in [3.63, 3.8) is 0 Å². The van der Waals surface area contributed by atoms with E-state index in [2.05, 4.69) is 15.0 Å². The van der Waals surface area contributed by atoms with Gasteiger partial charge in [0, 0.05) is 29.0 Å². The van der Waals surface area contributed by atoms with Crippen LogP contribution in [0.5, 0.6) is 11.5 Å². The highest BCUT2D eigenvalue weighted by atomic mass is 19.1. The van der Waals surface area contributed by atoms with E-state index < -0.39 is 17.4 Å². The maximum absolute atomic E-state index is 14.4. The number of hydrogen-bond acceptors (Lipinski definition) is 7. The summed E-state index contributed by atoms with van der Waals surface area (Å²) in [5.41, 5.74) is 0.251. The summed E-state index contributed by atoms with van der Waals surface area (Å²) in [6.45, 7) is 3.19. The molecule has 1 spiro atoms. The zero-order valence-electron chi connectivity index (χ0n) is 19.0. The van der Waals surface area contributed by atoms with E-state index in [1.54, 1.807) is 20.3 Å². The number of furan rings is 1. The summed E-state index contributed by atoms with van der Waals surface area (Å²) in [6.07, 6.45) is 2.00. The molecule has 3 aromatic rings. The Morgan fingerprint density at radius 1 is 1.09 bits per heavy atom. The van der Waals surface area contributed by atoms with Crippen LogP contribution in [0, 0.1) is 17.6 Å². The molecule has 5 heterocycles. The lowest BCUT2D eigenvalue weighted by Crippen LogP contribution is -2.66. The van der Waals surface area contributed by atoms with Gasteiger partial charge < -0.3 is 23.6 Å². The second kappa shape index (κ2) is 7.87. The Morgan fingerprint density at radius 2 is 1.91 bits per heavy atom. The summed E-state index contributed by atoms with van der Waals surface area (Å²) in [5, 5.41) is 4.80. The predicted molar refractivity (Wildman–Crippen MR) is 121 cm³/mol. The van der Waals surface area contributed by atoms with Crippen molar-refractivity contribution in [1.29, 1.82) is 0 Å². The molecule has 0 aliphatic carbocycles. The van der Waals surface area contributed by atoms with Gasteiger partial charge in [-0.1, -0.05) is 5.16 Å². The predicted octanol–water partition coefficient (Wildman–Crippen LogP) is 4.34. The van der Waals surface area contributed by atoms with Crippen LogP contribution in [-0.2, 0) is 11.4 Å². The molecule has 178 valence electrons. The third kappa shape index (κ3) is 3.21. The summed E-state index contributed by atoms with van der Waals surface area (Å²) in [6, 6.07) is 9.36. The van der Waals surface area contributed by atoms with Gasteiger partial charge in [-0.05, 0) is 50.2 Å². The van der Waals surface area contributed by atoms with Crippen molar-refractivity contribution in [2.45, 2.75) is 25.1 Å². The summed E-state index contributed by atoms with van der Waals surface area (Å²) in [5.74, 6) is 1.04. The van der Waals surface area contributed by atoms with Crippen LogP contribution < -0.4 is 9.47 Å². The normalized spacial score (nSPS) is 25.6. The minimum atomic E-state index is -0.748. The molecular weight excluding hydrogens is 444 g/mol.